The van der Waals surface area contributed by atoms with Crippen LogP contribution in [0.2, 0.25) is 5.02 Å². The lowest BCUT2D eigenvalue weighted by atomic mass is 9.88. The van der Waals surface area contributed by atoms with E-state index in [1.807, 2.05) is 12.1 Å². The quantitative estimate of drug-likeness (QED) is 0.768. The van der Waals surface area contributed by atoms with Crippen LogP contribution in [0.3, 0.4) is 0 Å². The first-order chi connectivity index (χ1) is 12.4. The van der Waals surface area contributed by atoms with Gasteiger partial charge in [-0.05, 0) is 48.4 Å². The third kappa shape index (κ3) is 2.80. The van der Waals surface area contributed by atoms with Crippen LogP contribution in [0.1, 0.15) is 36.8 Å². The molecular weight excluding hydrogens is 358 g/mol. The van der Waals surface area contributed by atoms with E-state index < -0.39 is 11.6 Å². The number of imide groups is 1. The maximum atomic E-state index is 12.7. The summed E-state index contributed by atoms with van der Waals surface area (Å²) in [5, 5.41) is 5.60. The van der Waals surface area contributed by atoms with Crippen molar-refractivity contribution in [3.05, 3.63) is 28.3 Å². The summed E-state index contributed by atoms with van der Waals surface area (Å²) in [5.41, 5.74) is 1.10. The first-order valence-electron chi connectivity index (χ1n) is 8.69. The van der Waals surface area contributed by atoms with Gasteiger partial charge in [-0.2, -0.15) is 0 Å². The van der Waals surface area contributed by atoms with Crippen LogP contribution in [-0.2, 0) is 22.7 Å². The maximum absolute atomic E-state index is 12.7. The van der Waals surface area contributed by atoms with Gasteiger partial charge in [0, 0.05) is 19.5 Å². The summed E-state index contributed by atoms with van der Waals surface area (Å²) in [4.78, 5) is 38.3. The Bertz CT molecular complexity index is 808. The lowest BCUT2D eigenvalue weighted by molar-refractivity contribution is -0.133. The zero-order chi connectivity index (χ0) is 18.5. The van der Waals surface area contributed by atoms with E-state index in [1.54, 1.807) is 12.0 Å². The Hall–Kier alpha value is -2.28. The molecule has 0 spiro atoms. The Kier molecular flexibility index (Phi) is 4.06. The predicted molar refractivity (Wildman–Crippen MR) is 93.6 cm³/mol. The molecule has 7 nitrogen and oxygen atoms in total. The van der Waals surface area contributed by atoms with Crippen LogP contribution in [0.4, 0.5) is 4.79 Å². The van der Waals surface area contributed by atoms with E-state index in [9.17, 15) is 14.4 Å². The number of ether oxygens (including phenoxy) is 1. The number of methoxy groups -OCH3 is 1. The zero-order valence-electron chi connectivity index (χ0n) is 14.4. The maximum Gasteiger partial charge on any atom is 0.322 e. The molecule has 1 aromatic carbocycles. The molecule has 2 heterocycles. The van der Waals surface area contributed by atoms with Crippen LogP contribution in [0.5, 0.6) is 5.75 Å². The number of amides is 4. The minimum absolute atomic E-state index is 0.0368. The molecule has 138 valence electrons. The minimum atomic E-state index is -0.925. The molecule has 0 aromatic heterocycles. The number of urea groups is 1. The van der Waals surface area contributed by atoms with Crippen LogP contribution in [0.15, 0.2) is 12.1 Å². The molecule has 8 heteroatoms. The molecular formula is C18H20ClN3O4. The third-order valence-corrected chi connectivity index (χ3v) is 5.82. The number of hydrogen-bond donors (Lipinski definition) is 2. The van der Waals surface area contributed by atoms with Crippen molar-refractivity contribution < 1.29 is 19.1 Å². The molecule has 1 unspecified atom stereocenters. The summed E-state index contributed by atoms with van der Waals surface area (Å²) in [6.45, 7) is 0.990. The van der Waals surface area contributed by atoms with Crippen molar-refractivity contribution in [3.63, 3.8) is 0 Å². The van der Waals surface area contributed by atoms with Gasteiger partial charge in [0.1, 0.15) is 11.3 Å². The van der Waals surface area contributed by atoms with Gasteiger partial charge >= 0.3 is 6.03 Å². The Morgan fingerprint density at radius 2 is 2.00 bits per heavy atom. The second-order valence-electron chi connectivity index (χ2n) is 7.16. The van der Waals surface area contributed by atoms with Crippen molar-refractivity contribution in [2.75, 3.05) is 7.11 Å². The number of rotatable bonds is 5. The lowest BCUT2D eigenvalue weighted by Crippen LogP contribution is -2.49. The molecule has 2 aliphatic heterocycles. The van der Waals surface area contributed by atoms with Crippen molar-refractivity contribution in [1.82, 2.24) is 15.5 Å². The Morgan fingerprint density at radius 3 is 2.58 bits per heavy atom. The molecule has 4 amide bonds. The number of nitrogens with one attached hydrogen (secondary N) is 2. The van der Waals surface area contributed by atoms with Gasteiger partial charge in [-0.3, -0.25) is 14.9 Å². The normalized spacial score (nSPS) is 24.3. The smallest absolute Gasteiger partial charge is 0.322 e. The van der Waals surface area contributed by atoms with Crippen LogP contribution >= 0.6 is 11.6 Å². The van der Waals surface area contributed by atoms with Crippen molar-refractivity contribution in [2.24, 2.45) is 5.92 Å². The van der Waals surface area contributed by atoms with Crippen molar-refractivity contribution in [2.45, 2.75) is 44.3 Å². The monoisotopic (exact) mass is 377 g/mol. The Labute approximate surface area is 156 Å². The molecule has 3 aliphatic rings. The van der Waals surface area contributed by atoms with Crippen LogP contribution in [0.25, 0.3) is 0 Å². The number of nitrogens with zero attached hydrogens (tertiary/aromatic N) is 1. The zero-order valence-corrected chi connectivity index (χ0v) is 15.2. The lowest BCUT2D eigenvalue weighted by Gasteiger charge is -2.26. The van der Waals surface area contributed by atoms with E-state index in [-0.39, 0.29) is 24.2 Å². The van der Waals surface area contributed by atoms with E-state index >= 15 is 0 Å². The average Bonchev–Trinajstić information content (AvgIpc) is 3.31. The fraction of sp³-hybridized carbons (Fsp3) is 0.500. The van der Waals surface area contributed by atoms with Crippen LogP contribution in [-0.4, -0.2) is 35.4 Å². The van der Waals surface area contributed by atoms with E-state index in [1.165, 1.54) is 0 Å². The second kappa shape index (κ2) is 6.16. The van der Waals surface area contributed by atoms with E-state index in [0.29, 0.717) is 30.3 Å². The highest BCUT2D eigenvalue weighted by molar-refractivity contribution is 6.32. The summed E-state index contributed by atoms with van der Waals surface area (Å²) in [5.74, 6) is 0.377. The molecule has 1 saturated heterocycles. The summed E-state index contributed by atoms with van der Waals surface area (Å²) < 4.78 is 5.23. The SMILES string of the molecule is COc1cc2c(cc1Cl)CN(C(=O)CCC1(C3CC3)NC(=O)NC1=O)C2. The number of carbonyl (C=O) groups is 3. The fourth-order valence-corrected chi connectivity index (χ4v) is 4.21. The summed E-state index contributed by atoms with van der Waals surface area (Å²) >= 11 is 6.16. The Morgan fingerprint density at radius 1 is 1.31 bits per heavy atom. The van der Waals surface area contributed by atoms with Crippen LogP contribution in [0, 0.1) is 5.92 Å². The van der Waals surface area contributed by atoms with Gasteiger partial charge in [-0.15, -0.1) is 0 Å². The average molecular weight is 378 g/mol. The molecule has 1 aromatic rings. The molecule has 2 fully saturated rings. The highest BCUT2D eigenvalue weighted by Crippen LogP contribution is 2.44. The number of hydrogen-bond acceptors (Lipinski definition) is 4. The summed E-state index contributed by atoms with van der Waals surface area (Å²) in [6, 6.07) is 3.23. The molecule has 1 saturated carbocycles. The van der Waals surface area contributed by atoms with Crippen molar-refractivity contribution in [3.8, 4) is 5.75 Å². The van der Waals surface area contributed by atoms with Crippen LogP contribution < -0.4 is 15.4 Å². The second-order valence-corrected chi connectivity index (χ2v) is 7.57. The summed E-state index contributed by atoms with van der Waals surface area (Å²) in [6.07, 6.45) is 2.33. The summed E-state index contributed by atoms with van der Waals surface area (Å²) in [7, 11) is 1.56. The third-order valence-electron chi connectivity index (χ3n) is 5.53. The van der Waals surface area contributed by atoms with E-state index in [4.69, 9.17) is 16.3 Å². The minimum Gasteiger partial charge on any atom is -0.495 e. The molecule has 0 radical (unpaired) electrons. The molecule has 2 N–H and O–H groups in total. The first-order valence-corrected chi connectivity index (χ1v) is 9.07. The van der Waals surface area contributed by atoms with Crippen molar-refractivity contribution >= 4 is 29.4 Å². The standard InChI is InChI=1S/C18H20ClN3O4/c1-26-14-7-11-9-22(8-10(11)6-13(14)19)15(23)4-5-18(12-2-3-12)16(24)20-17(25)21-18/h6-7,12H,2-5,8-9H2,1H3,(H2,20,21,24,25). The highest BCUT2D eigenvalue weighted by Gasteiger charge is 2.55. The van der Waals surface area contributed by atoms with Gasteiger partial charge < -0.3 is 15.0 Å². The molecule has 26 heavy (non-hydrogen) atoms. The first kappa shape index (κ1) is 17.1. The largest absolute Gasteiger partial charge is 0.495 e. The Balaban J connectivity index is 1.43. The highest BCUT2D eigenvalue weighted by atomic mass is 35.5. The van der Waals surface area contributed by atoms with Gasteiger partial charge in [0.15, 0.2) is 0 Å². The molecule has 0 bridgehead atoms. The number of halogens is 1. The van der Waals surface area contributed by atoms with Gasteiger partial charge in [0.25, 0.3) is 5.91 Å². The van der Waals surface area contributed by atoms with Gasteiger partial charge in [-0.1, -0.05) is 11.6 Å². The van der Waals surface area contributed by atoms with Gasteiger partial charge in [0.2, 0.25) is 5.91 Å². The van der Waals surface area contributed by atoms with E-state index in [0.717, 1.165) is 24.0 Å². The molecule has 1 aliphatic carbocycles. The topological polar surface area (TPSA) is 87.7 Å². The number of fused-ring (bicyclic) bond motifs is 1. The number of carbonyl (C=O) groups excluding carboxylic acids is 3. The van der Waals surface area contributed by atoms with Gasteiger partial charge in [0.05, 0.1) is 12.1 Å². The van der Waals surface area contributed by atoms with Crippen molar-refractivity contribution in [1.29, 1.82) is 0 Å². The fourth-order valence-electron chi connectivity index (χ4n) is 3.94. The van der Waals surface area contributed by atoms with E-state index in [2.05, 4.69) is 10.6 Å². The van der Waals surface area contributed by atoms with Gasteiger partial charge in [-0.25, -0.2) is 4.79 Å². The molecule has 4 rings (SSSR count). The predicted octanol–water partition coefficient (Wildman–Crippen LogP) is 1.96. The number of benzene rings is 1. The molecule has 1 atom stereocenters.